The molecule has 1 aromatic rings. The molecule has 0 aliphatic heterocycles. The fourth-order valence-electron chi connectivity index (χ4n) is 1.37. The minimum Gasteiger partial charge on any atom is -0.497 e. The van der Waals surface area contributed by atoms with Crippen LogP contribution in [0.4, 0.5) is 0 Å². The first-order valence-electron chi connectivity index (χ1n) is 5.60. The second-order valence-electron chi connectivity index (χ2n) is 4.09. The zero-order valence-corrected chi connectivity index (χ0v) is 11.9. The first-order chi connectivity index (χ1) is 8.40. The van der Waals surface area contributed by atoms with Gasteiger partial charge in [0.15, 0.2) is 0 Å². The molecule has 0 spiro atoms. The van der Waals surface area contributed by atoms with Crippen molar-refractivity contribution < 1.29 is 17.9 Å². The maximum atomic E-state index is 11.7. The van der Waals surface area contributed by atoms with Crippen molar-refractivity contribution in [3.05, 3.63) is 23.8 Å². The number of benzene rings is 1. The van der Waals surface area contributed by atoms with Crippen molar-refractivity contribution >= 4 is 10.0 Å². The molecule has 5 nitrogen and oxygen atoms in total. The number of hydrogen-bond donors (Lipinski definition) is 1. The standard InChI is InChI=1S/C12H19NO4S/c1-9(2)18(14,15)13-8-10-7-11(16-3)5-6-12(10)17-4/h5-7,9,13H,8H2,1-4H3. The molecule has 0 heterocycles. The molecular formula is C12H19NO4S. The van der Waals surface area contributed by atoms with Crippen molar-refractivity contribution in [2.45, 2.75) is 25.6 Å². The Hall–Kier alpha value is -1.27. The minimum atomic E-state index is -3.29. The maximum Gasteiger partial charge on any atom is 0.214 e. The van der Waals surface area contributed by atoms with Gasteiger partial charge in [0.2, 0.25) is 10.0 Å². The number of nitrogens with one attached hydrogen (secondary N) is 1. The lowest BCUT2D eigenvalue weighted by Gasteiger charge is -2.13. The molecule has 0 saturated heterocycles. The van der Waals surface area contributed by atoms with Crippen LogP contribution in [-0.4, -0.2) is 27.9 Å². The molecule has 1 N–H and O–H groups in total. The van der Waals surface area contributed by atoms with E-state index in [-0.39, 0.29) is 6.54 Å². The van der Waals surface area contributed by atoms with E-state index < -0.39 is 15.3 Å². The number of sulfonamides is 1. The van der Waals surface area contributed by atoms with Gasteiger partial charge in [-0.2, -0.15) is 0 Å². The highest BCUT2D eigenvalue weighted by atomic mass is 32.2. The lowest BCUT2D eigenvalue weighted by molar-refractivity contribution is 0.398. The van der Waals surface area contributed by atoms with Crippen molar-refractivity contribution in [2.24, 2.45) is 0 Å². The average molecular weight is 273 g/mol. The van der Waals surface area contributed by atoms with Crippen LogP contribution in [0, 0.1) is 0 Å². The Morgan fingerprint density at radius 3 is 2.39 bits per heavy atom. The van der Waals surface area contributed by atoms with Crippen molar-refractivity contribution in [2.75, 3.05) is 14.2 Å². The van der Waals surface area contributed by atoms with E-state index in [0.717, 1.165) is 5.56 Å². The smallest absolute Gasteiger partial charge is 0.214 e. The Balaban J connectivity index is 2.89. The fraction of sp³-hybridized carbons (Fsp3) is 0.500. The van der Waals surface area contributed by atoms with Crippen molar-refractivity contribution in [1.82, 2.24) is 4.72 Å². The molecule has 0 aromatic heterocycles. The predicted molar refractivity (Wildman–Crippen MR) is 70.4 cm³/mol. The lowest BCUT2D eigenvalue weighted by atomic mass is 10.2. The van der Waals surface area contributed by atoms with Gasteiger partial charge in [-0.1, -0.05) is 0 Å². The summed E-state index contributed by atoms with van der Waals surface area (Å²) in [4.78, 5) is 0. The van der Waals surface area contributed by atoms with Crippen LogP contribution >= 0.6 is 0 Å². The van der Waals surface area contributed by atoms with Gasteiger partial charge in [-0.05, 0) is 32.0 Å². The van der Waals surface area contributed by atoms with Crippen LogP contribution in [0.3, 0.4) is 0 Å². The van der Waals surface area contributed by atoms with Crippen LogP contribution < -0.4 is 14.2 Å². The van der Waals surface area contributed by atoms with Crippen molar-refractivity contribution in [3.63, 3.8) is 0 Å². The molecule has 0 aliphatic rings. The van der Waals surface area contributed by atoms with E-state index in [1.165, 1.54) is 0 Å². The van der Waals surface area contributed by atoms with E-state index >= 15 is 0 Å². The third kappa shape index (κ3) is 3.61. The van der Waals surface area contributed by atoms with Crippen molar-refractivity contribution in [1.29, 1.82) is 0 Å². The van der Waals surface area contributed by atoms with Crippen molar-refractivity contribution in [3.8, 4) is 11.5 Å². The molecule has 0 atom stereocenters. The Bertz CT molecular complexity index is 497. The molecule has 1 rings (SSSR count). The molecule has 0 amide bonds. The van der Waals surface area contributed by atoms with Gasteiger partial charge in [0.05, 0.1) is 19.5 Å². The first-order valence-corrected chi connectivity index (χ1v) is 7.14. The molecule has 102 valence electrons. The number of rotatable bonds is 6. The van der Waals surface area contributed by atoms with Gasteiger partial charge < -0.3 is 9.47 Å². The second kappa shape index (κ2) is 6.06. The van der Waals surface area contributed by atoms with Gasteiger partial charge in [-0.3, -0.25) is 0 Å². The Labute approximate surface area is 108 Å². The topological polar surface area (TPSA) is 64.6 Å². The molecule has 0 radical (unpaired) electrons. The van der Waals surface area contributed by atoms with Crippen LogP contribution in [0.5, 0.6) is 11.5 Å². The molecule has 0 saturated carbocycles. The molecule has 18 heavy (non-hydrogen) atoms. The predicted octanol–water partition coefficient (Wildman–Crippen LogP) is 1.53. The highest BCUT2D eigenvalue weighted by molar-refractivity contribution is 7.90. The molecule has 0 aliphatic carbocycles. The third-order valence-electron chi connectivity index (χ3n) is 2.57. The largest absolute Gasteiger partial charge is 0.497 e. The summed E-state index contributed by atoms with van der Waals surface area (Å²) in [5.74, 6) is 1.29. The Morgan fingerprint density at radius 2 is 1.89 bits per heavy atom. The van der Waals surface area contributed by atoms with Gasteiger partial charge in [0.25, 0.3) is 0 Å². The maximum absolute atomic E-state index is 11.7. The number of ether oxygens (including phenoxy) is 2. The average Bonchev–Trinajstić information content (AvgIpc) is 2.35. The first kappa shape index (κ1) is 14.8. The summed E-state index contributed by atoms with van der Waals surface area (Å²) in [5, 5.41) is -0.464. The molecule has 0 unspecified atom stereocenters. The molecular weight excluding hydrogens is 254 g/mol. The molecule has 6 heteroatoms. The summed E-state index contributed by atoms with van der Waals surface area (Å²) < 4.78 is 36.2. The van der Waals surface area contributed by atoms with Crippen LogP contribution in [0.15, 0.2) is 18.2 Å². The highest BCUT2D eigenvalue weighted by Crippen LogP contribution is 2.23. The SMILES string of the molecule is COc1ccc(OC)c(CNS(=O)(=O)C(C)C)c1. The summed E-state index contributed by atoms with van der Waals surface area (Å²) in [6.07, 6.45) is 0. The van der Waals surface area contributed by atoms with Crippen LogP contribution in [0.1, 0.15) is 19.4 Å². The number of methoxy groups -OCH3 is 2. The van der Waals surface area contributed by atoms with E-state index in [0.29, 0.717) is 11.5 Å². The van der Waals surface area contributed by atoms with Crippen LogP contribution in [0.2, 0.25) is 0 Å². The summed E-state index contributed by atoms with van der Waals surface area (Å²) in [5.41, 5.74) is 0.737. The van der Waals surface area contributed by atoms with Gasteiger partial charge >= 0.3 is 0 Å². The zero-order chi connectivity index (χ0) is 13.8. The van der Waals surface area contributed by atoms with E-state index in [4.69, 9.17) is 9.47 Å². The third-order valence-corrected chi connectivity index (χ3v) is 4.36. The fourth-order valence-corrected chi connectivity index (χ4v) is 2.06. The Morgan fingerprint density at radius 1 is 1.22 bits per heavy atom. The monoisotopic (exact) mass is 273 g/mol. The number of hydrogen-bond acceptors (Lipinski definition) is 4. The van der Waals surface area contributed by atoms with Crippen LogP contribution in [-0.2, 0) is 16.6 Å². The quantitative estimate of drug-likeness (QED) is 0.853. The van der Waals surface area contributed by atoms with E-state index in [1.807, 2.05) is 0 Å². The Kier molecular flexibility index (Phi) is 4.98. The van der Waals surface area contributed by atoms with E-state index in [1.54, 1.807) is 46.3 Å². The molecule has 0 bridgehead atoms. The van der Waals surface area contributed by atoms with Gasteiger partial charge in [-0.25, -0.2) is 13.1 Å². The highest BCUT2D eigenvalue weighted by Gasteiger charge is 2.16. The molecule has 1 aromatic carbocycles. The van der Waals surface area contributed by atoms with E-state index in [9.17, 15) is 8.42 Å². The van der Waals surface area contributed by atoms with E-state index in [2.05, 4.69) is 4.72 Å². The minimum absolute atomic E-state index is 0.181. The lowest BCUT2D eigenvalue weighted by Crippen LogP contribution is -2.30. The summed E-state index contributed by atoms with van der Waals surface area (Å²) in [6, 6.07) is 5.26. The van der Waals surface area contributed by atoms with Crippen LogP contribution in [0.25, 0.3) is 0 Å². The zero-order valence-electron chi connectivity index (χ0n) is 11.1. The molecule has 0 fully saturated rings. The van der Waals surface area contributed by atoms with Gasteiger partial charge in [-0.15, -0.1) is 0 Å². The summed E-state index contributed by atoms with van der Waals surface area (Å²) >= 11 is 0. The second-order valence-corrected chi connectivity index (χ2v) is 6.41. The van der Waals surface area contributed by atoms with Gasteiger partial charge in [0, 0.05) is 12.1 Å². The normalized spacial score (nSPS) is 11.6. The summed E-state index contributed by atoms with van der Waals surface area (Å²) in [7, 11) is -0.184. The summed E-state index contributed by atoms with van der Waals surface area (Å²) in [6.45, 7) is 3.44. The van der Waals surface area contributed by atoms with Gasteiger partial charge in [0.1, 0.15) is 11.5 Å².